The Labute approximate surface area is 87.0 Å². The zero-order valence-electron chi connectivity index (χ0n) is 8.46. The molecule has 0 radical (unpaired) electrons. The number of methoxy groups -OCH3 is 1. The van der Waals surface area contributed by atoms with Crippen molar-refractivity contribution in [2.24, 2.45) is 5.73 Å². The Bertz CT molecular complexity index is 467. The summed E-state index contributed by atoms with van der Waals surface area (Å²) < 4.78 is 17.6. The molecule has 3 nitrogen and oxygen atoms in total. The topological polar surface area (TPSA) is 51.0 Å². The summed E-state index contributed by atoms with van der Waals surface area (Å²) >= 11 is 0. The Morgan fingerprint density at radius 2 is 2.33 bits per heavy atom. The average Bonchev–Trinajstić information content (AvgIpc) is 2.70. The molecule has 0 fully saturated rings. The van der Waals surface area contributed by atoms with E-state index in [9.17, 15) is 4.39 Å². The molecule has 1 atom stereocenters. The van der Waals surface area contributed by atoms with E-state index in [2.05, 4.69) is 4.98 Å². The van der Waals surface area contributed by atoms with Crippen molar-refractivity contribution in [1.82, 2.24) is 4.98 Å². The van der Waals surface area contributed by atoms with E-state index >= 15 is 0 Å². The molecule has 2 aromatic rings. The summed E-state index contributed by atoms with van der Waals surface area (Å²) in [6, 6.07) is 5.02. The molecule has 0 amide bonds. The van der Waals surface area contributed by atoms with E-state index in [0.717, 1.165) is 22.2 Å². The highest BCUT2D eigenvalue weighted by atomic mass is 19.1. The minimum absolute atomic E-state index is 0.565. The summed E-state index contributed by atoms with van der Waals surface area (Å²) in [5, 5.41) is 0.916. The van der Waals surface area contributed by atoms with Gasteiger partial charge in [-0.3, -0.25) is 0 Å². The van der Waals surface area contributed by atoms with Crippen molar-refractivity contribution in [1.29, 1.82) is 0 Å². The lowest BCUT2D eigenvalue weighted by molar-refractivity contribution is 0.415. The number of halogens is 1. The minimum Gasteiger partial charge on any atom is -0.497 e. The third-order valence-corrected chi connectivity index (χ3v) is 2.49. The summed E-state index contributed by atoms with van der Waals surface area (Å²) in [5.74, 6) is 0.745. The van der Waals surface area contributed by atoms with Gasteiger partial charge in [0.25, 0.3) is 0 Å². The molecule has 0 aliphatic heterocycles. The number of hydrogen-bond acceptors (Lipinski definition) is 2. The lowest BCUT2D eigenvalue weighted by Gasteiger charge is -2.05. The molecule has 0 aliphatic rings. The fraction of sp³-hybridized carbons (Fsp3) is 0.273. The molecule has 1 heterocycles. The van der Waals surface area contributed by atoms with E-state index in [1.165, 1.54) is 0 Å². The van der Waals surface area contributed by atoms with E-state index in [-0.39, 0.29) is 0 Å². The van der Waals surface area contributed by atoms with Gasteiger partial charge >= 0.3 is 0 Å². The summed E-state index contributed by atoms with van der Waals surface area (Å²) in [4.78, 5) is 3.05. The van der Waals surface area contributed by atoms with Gasteiger partial charge in [-0.2, -0.15) is 0 Å². The number of aromatic amines is 1. The molecule has 0 spiro atoms. The Kier molecular flexibility index (Phi) is 2.60. The van der Waals surface area contributed by atoms with Gasteiger partial charge in [0.15, 0.2) is 0 Å². The summed E-state index contributed by atoms with van der Waals surface area (Å²) in [5.41, 5.74) is 7.38. The van der Waals surface area contributed by atoms with Crippen molar-refractivity contribution in [3.63, 3.8) is 0 Å². The number of benzene rings is 1. The predicted molar refractivity (Wildman–Crippen MR) is 57.8 cm³/mol. The molecule has 2 rings (SSSR count). The molecule has 0 unspecified atom stereocenters. The highest BCUT2D eigenvalue weighted by molar-refractivity contribution is 5.85. The molecule has 4 heteroatoms. The minimum atomic E-state index is -0.578. The predicted octanol–water partition coefficient (Wildman–Crippen LogP) is 2.15. The van der Waals surface area contributed by atoms with Crippen molar-refractivity contribution < 1.29 is 9.13 Å². The molecular weight excluding hydrogens is 195 g/mol. The summed E-state index contributed by atoms with van der Waals surface area (Å²) in [6.45, 7) is -0.565. The number of rotatable bonds is 3. The normalized spacial score (nSPS) is 13.0. The average molecular weight is 208 g/mol. The second kappa shape index (κ2) is 3.90. The highest BCUT2D eigenvalue weighted by Gasteiger charge is 2.11. The maximum absolute atomic E-state index is 12.5. The van der Waals surface area contributed by atoms with E-state index in [4.69, 9.17) is 10.5 Å². The zero-order valence-corrected chi connectivity index (χ0v) is 8.46. The fourth-order valence-corrected chi connectivity index (χ4v) is 1.64. The van der Waals surface area contributed by atoms with E-state index in [1.807, 2.05) is 18.2 Å². The van der Waals surface area contributed by atoms with Crippen molar-refractivity contribution in [3.05, 3.63) is 30.0 Å². The third kappa shape index (κ3) is 1.68. The molecule has 1 aromatic heterocycles. The largest absolute Gasteiger partial charge is 0.497 e. The first-order valence-corrected chi connectivity index (χ1v) is 4.73. The molecule has 0 aliphatic carbocycles. The maximum Gasteiger partial charge on any atom is 0.119 e. The summed E-state index contributed by atoms with van der Waals surface area (Å²) in [7, 11) is 1.60. The second-order valence-corrected chi connectivity index (χ2v) is 3.42. The van der Waals surface area contributed by atoms with Gasteiger partial charge in [-0.25, -0.2) is 4.39 Å². The van der Waals surface area contributed by atoms with Gasteiger partial charge in [-0.1, -0.05) is 0 Å². The lowest BCUT2D eigenvalue weighted by Crippen LogP contribution is -2.11. The van der Waals surface area contributed by atoms with Crippen molar-refractivity contribution >= 4 is 10.9 Å². The number of nitrogens with one attached hydrogen (secondary N) is 1. The van der Waals surface area contributed by atoms with E-state index in [0.29, 0.717) is 0 Å². The van der Waals surface area contributed by atoms with Crippen LogP contribution in [0.3, 0.4) is 0 Å². The standard InChI is InChI=1S/C11H13FN2O/c1-15-7-2-3-11-8(4-7)9(6-14-11)10(13)5-12/h2-4,6,10,14H,5,13H2,1H3/t10-/m0/s1. The Hall–Kier alpha value is -1.55. The van der Waals surface area contributed by atoms with Crippen LogP contribution in [0.5, 0.6) is 5.75 Å². The molecule has 0 saturated heterocycles. The van der Waals surface area contributed by atoms with Crippen LogP contribution in [0.25, 0.3) is 10.9 Å². The molecule has 15 heavy (non-hydrogen) atoms. The molecule has 0 saturated carbocycles. The number of ether oxygens (including phenoxy) is 1. The van der Waals surface area contributed by atoms with Crippen molar-refractivity contribution in [3.8, 4) is 5.75 Å². The number of H-pyrrole nitrogens is 1. The van der Waals surface area contributed by atoms with Gasteiger partial charge in [-0.05, 0) is 23.8 Å². The van der Waals surface area contributed by atoms with Gasteiger partial charge in [0, 0.05) is 17.1 Å². The van der Waals surface area contributed by atoms with Crippen LogP contribution in [0.1, 0.15) is 11.6 Å². The van der Waals surface area contributed by atoms with Gasteiger partial charge in [-0.15, -0.1) is 0 Å². The maximum atomic E-state index is 12.5. The Balaban J connectivity index is 2.56. The van der Waals surface area contributed by atoms with Crippen molar-refractivity contribution in [2.45, 2.75) is 6.04 Å². The number of hydrogen-bond donors (Lipinski definition) is 2. The lowest BCUT2D eigenvalue weighted by atomic mass is 10.1. The van der Waals surface area contributed by atoms with Gasteiger partial charge in [0.2, 0.25) is 0 Å². The summed E-state index contributed by atoms with van der Waals surface area (Å²) in [6.07, 6.45) is 1.74. The van der Waals surface area contributed by atoms with Crippen LogP contribution in [0, 0.1) is 0 Å². The third-order valence-electron chi connectivity index (χ3n) is 2.49. The van der Waals surface area contributed by atoms with Crippen LogP contribution < -0.4 is 10.5 Å². The van der Waals surface area contributed by atoms with E-state index < -0.39 is 12.7 Å². The number of nitrogens with two attached hydrogens (primary N) is 1. The van der Waals surface area contributed by atoms with Crippen LogP contribution in [-0.2, 0) is 0 Å². The molecule has 1 aromatic carbocycles. The second-order valence-electron chi connectivity index (χ2n) is 3.42. The molecule has 80 valence electrons. The van der Waals surface area contributed by atoms with Crippen LogP contribution >= 0.6 is 0 Å². The fourth-order valence-electron chi connectivity index (χ4n) is 1.64. The number of fused-ring (bicyclic) bond motifs is 1. The monoisotopic (exact) mass is 208 g/mol. The van der Waals surface area contributed by atoms with Crippen LogP contribution in [0.2, 0.25) is 0 Å². The van der Waals surface area contributed by atoms with E-state index in [1.54, 1.807) is 13.3 Å². The van der Waals surface area contributed by atoms with Crippen LogP contribution in [0.4, 0.5) is 4.39 Å². The molecular formula is C11H13FN2O. The number of aromatic nitrogens is 1. The number of alkyl halides is 1. The van der Waals surface area contributed by atoms with Gasteiger partial charge < -0.3 is 15.5 Å². The van der Waals surface area contributed by atoms with Crippen molar-refractivity contribution in [2.75, 3.05) is 13.8 Å². The van der Waals surface area contributed by atoms with Gasteiger partial charge in [0.1, 0.15) is 12.4 Å². The first kappa shape index (κ1) is 9.98. The molecule has 0 bridgehead atoms. The molecule has 3 N–H and O–H groups in total. The smallest absolute Gasteiger partial charge is 0.119 e. The Morgan fingerprint density at radius 1 is 1.53 bits per heavy atom. The Morgan fingerprint density at radius 3 is 3.00 bits per heavy atom. The first-order chi connectivity index (χ1) is 7.26. The van der Waals surface area contributed by atoms with Crippen LogP contribution in [-0.4, -0.2) is 18.8 Å². The SMILES string of the molecule is COc1ccc2[nH]cc([C@@H](N)CF)c2c1. The van der Waals surface area contributed by atoms with Gasteiger partial charge in [0.05, 0.1) is 13.2 Å². The first-order valence-electron chi connectivity index (χ1n) is 4.73. The highest BCUT2D eigenvalue weighted by Crippen LogP contribution is 2.26. The zero-order chi connectivity index (χ0) is 10.8. The van der Waals surface area contributed by atoms with Crippen LogP contribution in [0.15, 0.2) is 24.4 Å². The quantitative estimate of drug-likeness (QED) is 0.812.